The van der Waals surface area contributed by atoms with E-state index in [4.69, 9.17) is 4.42 Å². The highest BCUT2D eigenvalue weighted by atomic mass is 16.4. The van der Waals surface area contributed by atoms with Crippen LogP contribution in [0, 0.1) is 12.3 Å². The van der Waals surface area contributed by atoms with Gasteiger partial charge in [0.1, 0.15) is 5.76 Å². The van der Waals surface area contributed by atoms with E-state index in [1.54, 1.807) is 20.0 Å². The number of carbonyl (C=O) groups excluding carboxylic acids is 1. The molecule has 1 atom stereocenters. The van der Waals surface area contributed by atoms with Gasteiger partial charge in [-0.15, -0.1) is 0 Å². The fourth-order valence-electron chi connectivity index (χ4n) is 2.33. The molecule has 1 saturated heterocycles. The first kappa shape index (κ1) is 14.4. The second-order valence-electron chi connectivity index (χ2n) is 5.41. The molecule has 0 saturated carbocycles. The Morgan fingerprint density at radius 1 is 1.60 bits per heavy atom. The molecule has 2 amide bonds. The molecule has 2 heterocycles. The Hall–Kier alpha value is -2.05. The maximum Gasteiger partial charge on any atom is 0.317 e. The zero-order valence-corrected chi connectivity index (χ0v) is 11.7. The van der Waals surface area contributed by atoms with Crippen molar-refractivity contribution in [1.82, 2.24) is 15.2 Å². The quantitative estimate of drug-likeness (QED) is 0.872. The second kappa shape index (κ2) is 5.52. The van der Waals surface area contributed by atoms with Crippen molar-refractivity contribution in [1.29, 1.82) is 0 Å². The number of nitrogens with zero attached hydrogens (tertiary/aromatic N) is 2. The molecule has 1 fully saturated rings. The minimum atomic E-state index is -0.866. The molecule has 1 aromatic rings. The topological polar surface area (TPSA) is 95.7 Å². The summed E-state index contributed by atoms with van der Waals surface area (Å²) in [6.45, 7) is 4.44. The number of aromatic nitrogens is 1. The number of hydrogen-bond acceptors (Lipinski definition) is 4. The van der Waals surface area contributed by atoms with Crippen LogP contribution in [-0.4, -0.2) is 40.1 Å². The number of nitrogens with one attached hydrogen (secondary N) is 1. The number of carbonyl (C=O) groups is 2. The molecule has 2 rings (SSSR count). The Kier molecular flexibility index (Phi) is 3.96. The summed E-state index contributed by atoms with van der Waals surface area (Å²) in [6, 6.07) is -0.284. The molecule has 1 aromatic heterocycles. The molecular formula is C13H19N3O4. The molecule has 2 N–H and O–H groups in total. The van der Waals surface area contributed by atoms with E-state index >= 15 is 0 Å². The molecule has 7 nitrogen and oxygen atoms in total. The van der Waals surface area contributed by atoms with Crippen LogP contribution in [0.3, 0.4) is 0 Å². The maximum absolute atomic E-state index is 12.0. The van der Waals surface area contributed by atoms with Crippen LogP contribution in [0.15, 0.2) is 10.6 Å². The number of aryl methyl sites for hydroxylation is 1. The van der Waals surface area contributed by atoms with Gasteiger partial charge in [0.25, 0.3) is 0 Å². The largest absolute Gasteiger partial charge is 0.481 e. The third kappa shape index (κ3) is 3.09. The SMILES string of the molecule is Cc1cnc(CNC(=O)N2CCCC(C)(C(=O)O)C2)o1. The van der Waals surface area contributed by atoms with Gasteiger partial charge in [0, 0.05) is 13.1 Å². The van der Waals surface area contributed by atoms with Crippen LogP contribution >= 0.6 is 0 Å². The molecular weight excluding hydrogens is 262 g/mol. The summed E-state index contributed by atoms with van der Waals surface area (Å²) in [7, 11) is 0. The monoisotopic (exact) mass is 281 g/mol. The Labute approximate surface area is 117 Å². The summed E-state index contributed by atoms with van der Waals surface area (Å²) in [5, 5.41) is 11.9. The van der Waals surface area contributed by atoms with Gasteiger partial charge in [-0.3, -0.25) is 4.79 Å². The number of amides is 2. The normalized spacial score (nSPS) is 22.6. The number of rotatable bonds is 3. The maximum atomic E-state index is 12.0. The molecule has 0 bridgehead atoms. The molecule has 0 radical (unpaired) electrons. The van der Waals surface area contributed by atoms with E-state index in [0.717, 1.165) is 0 Å². The summed E-state index contributed by atoms with van der Waals surface area (Å²) in [6.07, 6.45) is 2.86. The number of urea groups is 1. The third-order valence-electron chi connectivity index (χ3n) is 3.56. The number of hydrogen-bond donors (Lipinski definition) is 2. The summed E-state index contributed by atoms with van der Waals surface area (Å²) >= 11 is 0. The number of carboxylic acids is 1. The highest BCUT2D eigenvalue weighted by Crippen LogP contribution is 2.29. The average Bonchev–Trinajstić information content (AvgIpc) is 2.81. The van der Waals surface area contributed by atoms with Gasteiger partial charge in [-0.05, 0) is 26.7 Å². The number of oxazole rings is 1. The lowest BCUT2D eigenvalue weighted by atomic mass is 9.82. The van der Waals surface area contributed by atoms with Crippen molar-refractivity contribution < 1.29 is 19.1 Å². The molecule has 0 aromatic carbocycles. The van der Waals surface area contributed by atoms with Crippen LogP contribution in [0.5, 0.6) is 0 Å². The lowest BCUT2D eigenvalue weighted by molar-refractivity contribution is -0.150. The summed E-state index contributed by atoms with van der Waals surface area (Å²) in [4.78, 5) is 28.8. The second-order valence-corrected chi connectivity index (χ2v) is 5.41. The van der Waals surface area contributed by atoms with E-state index in [-0.39, 0.29) is 19.1 Å². The fourth-order valence-corrected chi connectivity index (χ4v) is 2.33. The Bertz CT molecular complexity index is 513. The standard InChI is InChI=1S/C13H19N3O4/c1-9-6-14-10(20-9)7-15-12(19)16-5-3-4-13(2,8-16)11(17)18/h6H,3-5,7-8H2,1-2H3,(H,15,19)(H,17,18). The molecule has 20 heavy (non-hydrogen) atoms. The molecule has 110 valence electrons. The summed E-state index contributed by atoms with van der Waals surface area (Å²) in [5.41, 5.74) is -0.866. The van der Waals surface area contributed by atoms with Crippen molar-refractivity contribution in [3.05, 3.63) is 17.8 Å². The van der Waals surface area contributed by atoms with Crippen molar-refractivity contribution in [2.45, 2.75) is 33.2 Å². The van der Waals surface area contributed by atoms with E-state index < -0.39 is 11.4 Å². The first-order valence-corrected chi connectivity index (χ1v) is 6.58. The van der Waals surface area contributed by atoms with E-state index in [9.17, 15) is 14.7 Å². The molecule has 1 unspecified atom stereocenters. The summed E-state index contributed by atoms with van der Waals surface area (Å²) < 4.78 is 5.26. The highest BCUT2D eigenvalue weighted by molar-refractivity contribution is 5.78. The molecule has 1 aliphatic heterocycles. The minimum Gasteiger partial charge on any atom is -0.481 e. The number of carboxylic acid groups (broad SMARTS) is 1. The van der Waals surface area contributed by atoms with Gasteiger partial charge in [0.2, 0.25) is 5.89 Å². The smallest absolute Gasteiger partial charge is 0.317 e. The Morgan fingerprint density at radius 2 is 2.35 bits per heavy atom. The first-order valence-electron chi connectivity index (χ1n) is 6.58. The number of aliphatic carboxylic acids is 1. The van der Waals surface area contributed by atoms with E-state index in [1.807, 2.05) is 0 Å². The Morgan fingerprint density at radius 3 is 2.95 bits per heavy atom. The molecule has 0 spiro atoms. The van der Waals surface area contributed by atoms with Gasteiger partial charge in [-0.2, -0.15) is 0 Å². The predicted molar refractivity (Wildman–Crippen MR) is 70.0 cm³/mol. The van der Waals surface area contributed by atoms with Crippen LogP contribution < -0.4 is 5.32 Å². The lowest BCUT2D eigenvalue weighted by Gasteiger charge is -2.37. The summed E-state index contributed by atoms with van der Waals surface area (Å²) in [5.74, 6) is 0.262. The van der Waals surface area contributed by atoms with E-state index in [1.165, 1.54) is 4.90 Å². The molecule has 1 aliphatic rings. The zero-order chi connectivity index (χ0) is 14.8. The Balaban J connectivity index is 1.90. The van der Waals surface area contributed by atoms with Gasteiger partial charge < -0.3 is 19.7 Å². The van der Waals surface area contributed by atoms with Crippen molar-refractivity contribution in [2.24, 2.45) is 5.41 Å². The third-order valence-corrected chi connectivity index (χ3v) is 3.56. The van der Waals surface area contributed by atoms with E-state index in [0.29, 0.717) is 31.0 Å². The fraction of sp³-hybridized carbons (Fsp3) is 0.615. The van der Waals surface area contributed by atoms with Crippen LogP contribution in [-0.2, 0) is 11.3 Å². The van der Waals surface area contributed by atoms with Gasteiger partial charge in [-0.1, -0.05) is 0 Å². The molecule has 0 aliphatic carbocycles. The predicted octanol–water partition coefficient (Wildman–Crippen LogP) is 1.38. The average molecular weight is 281 g/mol. The van der Waals surface area contributed by atoms with Crippen molar-refractivity contribution >= 4 is 12.0 Å². The van der Waals surface area contributed by atoms with Gasteiger partial charge >= 0.3 is 12.0 Å². The van der Waals surface area contributed by atoms with Crippen molar-refractivity contribution in [3.63, 3.8) is 0 Å². The van der Waals surface area contributed by atoms with Gasteiger partial charge in [0.15, 0.2) is 0 Å². The number of likely N-dealkylation sites (tertiary alicyclic amines) is 1. The van der Waals surface area contributed by atoms with Crippen LogP contribution in [0.4, 0.5) is 4.79 Å². The van der Waals surface area contributed by atoms with Gasteiger partial charge in [-0.25, -0.2) is 9.78 Å². The van der Waals surface area contributed by atoms with Crippen LogP contribution in [0.25, 0.3) is 0 Å². The van der Waals surface area contributed by atoms with Crippen molar-refractivity contribution in [3.8, 4) is 0 Å². The van der Waals surface area contributed by atoms with Crippen LogP contribution in [0.1, 0.15) is 31.4 Å². The molecule has 7 heteroatoms. The van der Waals surface area contributed by atoms with E-state index in [2.05, 4.69) is 10.3 Å². The van der Waals surface area contributed by atoms with Gasteiger partial charge in [0.05, 0.1) is 18.2 Å². The minimum absolute atomic E-state index is 0.201. The van der Waals surface area contributed by atoms with Crippen molar-refractivity contribution in [2.75, 3.05) is 13.1 Å². The highest BCUT2D eigenvalue weighted by Gasteiger charge is 2.39. The first-order chi connectivity index (χ1) is 9.40. The van der Waals surface area contributed by atoms with Crippen LogP contribution in [0.2, 0.25) is 0 Å². The lowest BCUT2D eigenvalue weighted by Crippen LogP contribution is -2.51. The number of piperidine rings is 1. The zero-order valence-electron chi connectivity index (χ0n) is 11.7.